The highest BCUT2D eigenvalue weighted by molar-refractivity contribution is 5.99. The predicted octanol–water partition coefficient (Wildman–Crippen LogP) is 3.97. The highest BCUT2D eigenvalue weighted by Crippen LogP contribution is 2.38. The van der Waals surface area contributed by atoms with Gasteiger partial charge in [-0.25, -0.2) is 4.79 Å². The van der Waals surface area contributed by atoms with Crippen molar-refractivity contribution in [1.29, 1.82) is 0 Å². The van der Waals surface area contributed by atoms with Gasteiger partial charge in [-0.1, -0.05) is 12.1 Å². The molecule has 0 aliphatic heterocycles. The van der Waals surface area contributed by atoms with Crippen molar-refractivity contribution in [3.8, 4) is 0 Å². The van der Waals surface area contributed by atoms with Gasteiger partial charge in [0.1, 0.15) is 0 Å². The number of nitrogens with zero attached hydrogens (tertiary/aromatic N) is 1. The number of hydrogen-bond donors (Lipinski definition) is 0. The number of aryl methyl sites for hydroxylation is 3. The molecule has 0 amide bonds. The molecule has 2 aliphatic carbocycles. The van der Waals surface area contributed by atoms with Crippen LogP contribution in [0.25, 0.3) is 0 Å². The van der Waals surface area contributed by atoms with Crippen LogP contribution in [0.4, 0.5) is 0 Å². The van der Waals surface area contributed by atoms with Crippen molar-refractivity contribution in [1.82, 2.24) is 4.57 Å². The molecule has 1 heterocycles. The van der Waals surface area contributed by atoms with Crippen molar-refractivity contribution < 1.29 is 14.3 Å². The van der Waals surface area contributed by atoms with Gasteiger partial charge in [0.2, 0.25) is 0 Å². The van der Waals surface area contributed by atoms with Gasteiger partial charge in [0.25, 0.3) is 0 Å². The van der Waals surface area contributed by atoms with E-state index in [1.807, 2.05) is 38.1 Å². The van der Waals surface area contributed by atoms with Gasteiger partial charge in [-0.3, -0.25) is 4.79 Å². The fourth-order valence-electron chi connectivity index (χ4n) is 3.92. The third-order valence-corrected chi connectivity index (χ3v) is 5.37. The summed E-state index contributed by atoms with van der Waals surface area (Å²) in [7, 11) is 0. The number of benzene rings is 1. The zero-order chi connectivity index (χ0) is 17.6. The molecule has 2 aliphatic rings. The van der Waals surface area contributed by atoms with E-state index >= 15 is 0 Å². The highest BCUT2D eigenvalue weighted by atomic mass is 16.5. The Balaban J connectivity index is 1.43. The minimum absolute atomic E-state index is 0.140. The van der Waals surface area contributed by atoms with E-state index in [-0.39, 0.29) is 12.4 Å². The third kappa shape index (κ3) is 3.01. The first-order chi connectivity index (χ1) is 12.0. The molecule has 1 fully saturated rings. The lowest BCUT2D eigenvalue weighted by atomic mass is 10.0. The second kappa shape index (κ2) is 6.17. The molecule has 0 spiro atoms. The third-order valence-electron chi connectivity index (χ3n) is 5.37. The lowest BCUT2D eigenvalue weighted by Crippen LogP contribution is -2.15. The number of rotatable bonds is 5. The monoisotopic (exact) mass is 337 g/mol. The molecule has 1 aromatic carbocycles. The second-order valence-corrected chi connectivity index (χ2v) is 7.22. The summed E-state index contributed by atoms with van der Waals surface area (Å²) in [6, 6.07) is 8.22. The van der Waals surface area contributed by atoms with E-state index in [1.165, 1.54) is 24.0 Å². The molecular formula is C21H23NO3. The molecule has 0 unspecified atom stereocenters. The zero-order valence-corrected chi connectivity index (χ0v) is 14.8. The average molecular weight is 337 g/mol. The molecule has 25 heavy (non-hydrogen) atoms. The molecule has 0 atom stereocenters. The maximum Gasteiger partial charge on any atom is 0.340 e. The SMILES string of the molecule is Cc1cc(C(=O)OCC(=O)c2ccc3c(c2)CCC3)c(C)n1C1CC1. The van der Waals surface area contributed by atoms with Crippen LogP contribution in [0, 0.1) is 13.8 Å². The summed E-state index contributed by atoms with van der Waals surface area (Å²) in [5.41, 5.74) is 5.82. The summed E-state index contributed by atoms with van der Waals surface area (Å²) in [5.74, 6) is -0.548. The van der Waals surface area contributed by atoms with Crippen LogP contribution >= 0.6 is 0 Å². The first-order valence-electron chi connectivity index (χ1n) is 9.05. The van der Waals surface area contributed by atoms with Crippen LogP contribution < -0.4 is 0 Å². The van der Waals surface area contributed by atoms with E-state index in [9.17, 15) is 9.59 Å². The maximum absolute atomic E-state index is 12.4. The van der Waals surface area contributed by atoms with E-state index in [4.69, 9.17) is 4.74 Å². The van der Waals surface area contributed by atoms with Crippen LogP contribution in [0.3, 0.4) is 0 Å². The highest BCUT2D eigenvalue weighted by Gasteiger charge is 2.29. The largest absolute Gasteiger partial charge is 0.454 e. The number of fused-ring (bicyclic) bond motifs is 1. The summed E-state index contributed by atoms with van der Waals surface area (Å²) in [4.78, 5) is 24.8. The van der Waals surface area contributed by atoms with Crippen LogP contribution in [-0.4, -0.2) is 22.9 Å². The van der Waals surface area contributed by atoms with Gasteiger partial charge in [0.15, 0.2) is 12.4 Å². The molecule has 4 heteroatoms. The molecule has 0 saturated heterocycles. The van der Waals surface area contributed by atoms with E-state index in [1.54, 1.807) is 0 Å². The number of hydrogen-bond acceptors (Lipinski definition) is 3. The molecular weight excluding hydrogens is 314 g/mol. The minimum atomic E-state index is -0.408. The van der Waals surface area contributed by atoms with Gasteiger partial charge in [-0.15, -0.1) is 0 Å². The quantitative estimate of drug-likeness (QED) is 0.613. The molecule has 1 aromatic heterocycles. The Morgan fingerprint density at radius 3 is 2.64 bits per heavy atom. The number of aromatic nitrogens is 1. The number of carbonyl (C=O) groups excluding carboxylic acids is 2. The average Bonchev–Trinajstić information content (AvgIpc) is 3.23. The van der Waals surface area contributed by atoms with Crippen LogP contribution in [0.2, 0.25) is 0 Å². The molecule has 4 rings (SSSR count). The molecule has 4 nitrogen and oxygen atoms in total. The Morgan fingerprint density at radius 1 is 1.12 bits per heavy atom. The lowest BCUT2D eigenvalue weighted by molar-refractivity contribution is 0.0474. The number of ether oxygens (including phenoxy) is 1. The smallest absolute Gasteiger partial charge is 0.340 e. The van der Waals surface area contributed by atoms with E-state index in [0.717, 1.165) is 30.7 Å². The Morgan fingerprint density at radius 2 is 1.88 bits per heavy atom. The minimum Gasteiger partial charge on any atom is -0.454 e. The molecule has 0 bridgehead atoms. The van der Waals surface area contributed by atoms with Crippen molar-refractivity contribution >= 4 is 11.8 Å². The van der Waals surface area contributed by atoms with E-state index < -0.39 is 5.97 Å². The first kappa shape index (κ1) is 16.1. The number of carbonyl (C=O) groups is 2. The van der Waals surface area contributed by atoms with Gasteiger partial charge in [-0.2, -0.15) is 0 Å². The van der Waals surface area contributed by atoms with Crippen molar-refractivity contribution in [3.63, 3.8) is 0 Å². The van der Waals surface area contributed by atoms with Crippen molar-refractivity contribution in [2.45, 2.75) is 52.0 Å². The number of esters is 1. The predicted molar refractivity (Wildman–Crippen MR) is 95.3 cm³/mol. The van der Waals surface area contributed by atoms with Crippen molar-refractivity contribution in [2.24, 2.45) is 0 Å². The van der Waals surface area contributed by atoms with Crippen LogP contribution in [0.15, 0.2) is 24.3 Å². The molecule has 130 valence electrons. The van der Waals surface area contributed by atoms with Gasteiger partial charge in [-0.05, 0) is 69.2 Å². The topological polar surface area (TPSA) is 48.3 Å². The summed E-state index contributed by atoms with van der Waals surface area (Å²) in [6.07, 6.45) is 5.61. The van der Waals surface area contributed by atoms with Crippen LogP contribution in [0.1, 0.15) is 68.5 Å². The van der Waals surface area contributed by atoms with E-state index in [2.05, 4.69) is 4.57 Å². The molecule has 0 radical (unpaired) electrons. The van der Waals surface area contributed by atoms with E-state index in [0.29, 0.717) is 17.2 Å². The summed E-state index contributed by atoms with van der Waals surface area (Å²) in [5, 5.41) is 0. The Bertz CT molecular complexity index is 858. The van der Waals surface area contributed by atoms with Crippen molar-refractivity contribution in [2.75, 3.05) is 6.61 Å². The maximum atomic E-state index is 12.4. The molecule has 2 aromatic rings. The van der Waals surface area contributed by atoms with Gasteiger partial charge >= 0.3 is 5.97 Å². The van der Waals surface area contributed by atoms with Gasteiger partial charge in [0, 0.05) is 23.0 Å². The number of ketones is 1. The Hall–Kier alpha value is -2.36. The number of Topliss-reactive ketones (excluding diaryl/α,β-unsaturated/α-hetero) is 1. The summed E-state index contributed by atoms with van der Waals surface area (Å²) in [6.45, 7) is 3.76. The standard InChI is InChI=1S/C21H23NO3/c1-13-10-19(14(2)22(13)18-8-9-18)21(24)25-12-20(23)17-7-6-15-4-3-5-16(15)11-17/h6-7,10-11,18H,3-5,8-9,12H2,1-2H3. The second-order valence-electron chi connectivity index (χ2n) is 7.22. The van der Waals surface area contributed by atoms with Crippen LogP contribution in [0.5, 0.6) is 0 Å². The zero-order valence-electron chi connectivity index (χ0n) is 14.8. The first-order valence-corrected chi connectivity index (χ1v) is 9.05. The van der Waals surface area contributed by atoms with Gasteiger partial charge < -0.3 is 9.30 Å². The Labute approximate surface area is 147 Å². The molecule has 1 saturated carbocycles. The fraction of sp³-hybridized carbons (Fsp3) is 0.429. The fourth-order valence-corrected chi connectivity index (χ4v) is 3.92. The normalized spacial score (nSPS) is 15.9. The summed E-state index contributed by atoms with van der Waals surface area (Å²) < 4.78 is 7.52. The van der Waals surface area contributed by atoms with Gasteiger partial charge in [0.05, 0.1) is 5.56 Å². The summed E-state index contributed by atoms with van der Waals surface area (Å²) >= 11 is 0. The van der Waals surface area contributed by atoms with Crippen molar-refractivity contribution in [3.05, 3.63) is 57.9 Å². The molecule has 0 N–H and O–H groups in total. The van der Waals surface area contributed by atoms with Crippen LogP contribution in [-0.2, 0) is 17.6 Å². The lowest BCUT2D eigenvalue weighted by Gasteiger charge is -2.08. The Kier molecular flexibility index (Phi) is 3.98.